The van der Waals surface area contributed by atoms with Gasteiger partial charge in [-0.1, -0.05) is 0 Å². The molecule has 5 nitrogen and oxygen atoms in total. The van der Waals surface area contributed by atoms with E-state index >= 15 is 0 Å². The average Bonchev–Trinajstić information content (AvgIpc) is 2.15. The van der Waals surface area contributed by atoms with Gasteiger partial charge in [0.05, 0.1) is 11.5 Å². The number of hydrogen-bond donors (Lipinski definition) is 1. The Balaban J connectivity index is 2.49. The van der Waals surface area contributed by atoms with Crippen LogP contribution in [-0.4, -0.2) is 18.1 Å². The van der Waals surface area contributed by atoms with Crippen LogP contribution in [-0.2, 0) is 4.74 Å². The zero-order valence-corrected chi connectivity index (χ0v) is 4.66. The summed E-state index contributed by atoms with van der Waals surface area (Å²) in [6, 6.07) is 0. The first-order chi connectivity index (χ1) is 4.29. The molecule has 1 aliphatic rings. The lowest BCUT2D eigenvalue weighted by Gasteiger charge is -1.90. The largest absolute Gasteiger partial charge is 0.473 e. The highest BCUT2D eigenvalue weighted by molar-refractivity contribution is 4.87. The van der Waals surface area contributed by atoms with Crippen molar-refractivity contribution in [1.29, 1.82) is 0 Å². The van der Waals surface area contributed by atoms with E-state index in [-0.39, 0.29) is 5.88 Å². The van der Waals surface area contributed by atoms with Crippen molar-refractivity contribution in [1.82, 2.24) is 5.32 Å². The molecule has 0 unspecified atom stereocenters. The third-order valence-corrected chi connectivity index (χ3v) is 0.882. The van der Waals surface area contributed by atoms with E-state index in [2.05, 4.69) is 5.32 Å². The summed E-state index contributed by atoms with van der Waals surface area (Å²) in [4.78, 5) is 9.22. The van der Waals surface area contributed by atoms with E-state index in [0.29, 0.717) is 13.2 Å². The molecule has 50 valence electrons. The van der Waals surface area contributed by atoms with Gasteiger partial charge in [0.25, 0.3) is 12.1 Å². The number of nitro groups is 1. The minimum absolute atomic E-state index is 0.250. The summed E-state index contributed by atoms with van der Waals surface area (Å²) in [6.07, 6.45) is 0.812. The first-order valence-electron chi connectivity index (χ1n) is 2.51. The van der Waals surface area contributed by atoms with E-state index in [1.807, 2.05) is 0 Å². The van der Waals surface area contributed by atoms with Crippen LogP contribution in [0.25, 0.3) is 0 Å². The second-order valence-corrected chi connectivity index (χ2v) is 1.55. The Morgan fingerprint density at radius 3 is 3.11 bits per heavy atom. The number of nitrogens with one attached hydrogen (secondary N) is 1. The van der Waals surface area contributed by atoms with Crippen LogP contribution in [0.3, 0.4) is 0 Å². The van der Waals surface area contributed by atoms with Gasteiger partial charge in [0.15, 0.2) is 0 Å². The normalized spacial score (nSPS) is 21.1. The molecular formula is C4H6N2O3. The van der Waals surface area contributed by atoms with Crippen LogP contribution in [0.5, 0.6) is 0 Å². The molecule has 1 rings (SSSR count). The molecule has 0 aromatic carbocycles. The molecule has 1 saturated heterocycles. The molecule has 0 amide bonds. The van der Waals surface area contributed by atoms with Gasteiger partial charge >= 0.3 is 0 Å². The van der Waals surface area contributed by atoms with Gasteiger partial charge in [-0.15, -0.1) is 0 Å². The monoisotopic (exact) mass is 130 g/mol. The fourth-order valence-corrected chi connectivity index (χ4v) is 0.565. The summed E-state index contributed by atoms with van der Waals surface area (Å²) in [5.74, 6) is 0.250. The highest BCUT2D eigenvalue weighted by Crippen LogP contribution is 1.97. The Morgan fingerprint density at radius 2 is 2.67 bits per heavy atom. The molecule has 5 heteroatoms. The van der Waals surface area contributed by atoms with E-state index in [0.717, 1.165) is 6.20 Å². The Morgan fingerprint density at radius 1 is 1.89 bits per heavy atom. The fraction of sp³-hybridized carbons (Fsp3) is 0.500. The zero-order chi connectivity index (χ0) is 6.69. The van der Waals surface area contributed by atoms with Gasteiger partial charge in [0.2, 0.25) is 0 Å². The second-order valence-electron chi connectivity index (χ2n) is 1.55. The van der Waals surface area contributed by atoms with Gasteiger partial charge in [-0.25, -0.2) is 0 Å². The Hall–Kier alpha value is -1.26. The Bertz CT molecular complexity index is 146. The maximum Gasteiger partial charge on any atom is 0.293 e. The van der Waals surface area contributed by atoms with Gasteiger partial charge in [-0.05, 0) is 0 Å². The van der Waals surface area contributed by atoms with Crippen molar-refractivity contribution >= 4 is 0 Å². The fourth-order valence-electron chi connectivity index (χ4n) is 0.565. The SMILES string of the molecule is O=[N+]([O-])C=C1NCCO1. The van der Waals surface area contributed by atoms with Crippen molar-refractivity contribution in [3.63, 3.8) is 0 Å². The van der Waals surface area contributed by atoms with E-state index < -0.39 is 4.92 Å². The van der Waals surface area contributed by atoms with Crippen molar-refractivity contribution in [2.24, 2.45) is 0 Å². The van der Waals surface area contributed by atoms with Crippen molar-refractivity contribution in [2.75, 3.05) is 13.2 Å². The van der Waals surface area contributed by atoms with Crippen molar-refractivity contribution in [3.05, 3.63) is 22.2 Å². The number of ether oxygens (including phenoxy) is 1. The van der Waals surface area contributed by atoms with Gasteiger partial charge in [0.1, 0.15) is 6.61 Å². The summed E-state index contributed by atoms with van der Waals surface area (Å²) in [7, 11) is 0. The lowest BCUT2D eigenvalue weighted by molar-refractivity contribution is -0.405. The predicted molar refractivity (Wildman–Crippen MR) is 29.0 cm³/mol. The lowest BCUT2D eigenvalue weighted by atomic mass is 10.7. The van der Waals surface area contributed by atoms with Crippen LogP contribution in [0, 0.1) is 10.1 Å². The molecule has 1 aliphatic heterocycles. The zero-order valence-electron chi connectivity index (χ0n) is 4.66. The van der Waals surface area contributed by atoms with Crippen LogP contribution in [0.15, 0.2) is 12.1 Å². The topological polar surface area (TPSA) is 64.4 Å². The summed E-state index contributed by atoms with van der Waals surface area (Å²) in [5.41, 5.74) is 0. The predicted octanol–water partition coefficient (Wildman–Crippen LogP) is -0.318. The Kier molecular flexibility index (Phi) is 1.53. The number of nitrogens with zero attached hydrogens (tertiary/aromatic N) is 1. The average molecular weight is 130 g/mol. The lowest BCUT2D eigenvalue weighted by Crippen LogP contribution is -2.06. The molecule has 0 bridgehead atoms. The van der Waals surface area contributed by atoms with E-state index in [4.69, 9.17) is 4.74 Å². The maximum absolute atomic E-state index is 9.76. The van der Waals surface area contributed by atoms with Crippen molar-refractivity contribution in [3.8, 4) is 0 Å². The molecular weight excluding hydrogens is 124 g/mol. The van der Waals surface area contributed by atoms with Crippen LogP contribution >= 0.6 is 0 Å². The molecule has 0 spiro atoms. The van der Waals surface area contributed by atoms with Gasteiger partial charge in [-0.2, -0.15) is 0 Å². The highest BCUT2D eigenvalue weighted by atomic mass is 16.6. The van der Waals surface area contributed by atoms with Crippen molar-refractivity contribution in [2.45, 2.75) is 0 Å². The molecule has 1 N–H and O–H groups in total. The molecule has 0 saturated carbocycles. The van der Waals surface area contributed by atoms with Gasteiger partial charge in [-0.3, -0.25) is 10.1 Å². The van der Waals surface area contributed by atoms with Crippen LogP contribution in [0.1, 0.15) is 0 Å². The van der Waals surface area contributed by atoms with E-state index in [1.165, 1.54) is 0 Å². The Labute approximate surface area is 51.5 Å². The second kappa shape index (κ2) is 2.34. The summed E-state index contributed by atoms with van der Waals surface area (Å²) in [6.45, 7) is 1.17. The number of rotatable bonds is 1. The van der Waals surface area contributed by atoms with Gasteiger partial charge in [0, 0.05) is 0 Å². The van der Waals surface area contributed by atoms with Crippen molar-refractivity contribution < 1.29 is 9.66 Å². The standard InChI is InChI=1S/C4H6N2O3/c7-6(8)3-4-5-1-2-9-4/h3,5H,1-2H2. The molecule has 0 aliphatic carbocycles. The first-order valence-corrected chi connectivity index (χ1v) is 2.51. The molecule has 9 heavy (non-hydrogen) atoms. The van der Waals surface area contributed by atoms with Crippen LogP contribution < -0.4 is 5.32 Å². The molecule has 0 aromatic heterocycles. The summed E-state index contributed by atoms with van der Waals surface area (Å²) >= 11 is 0. The minimum atomic E-state index is -0.548. The number of hydrogen-bond acceptors (Lipinski definition) is 4. The van der Waals surface area contributed by atoms with E-state index in [1.54, 1.807) is 0 Å². The minimum Gasteiger partial charge on any atom is -0.473 e. The first kappa shape index (κ1) is 5.87. The molecule has 0 atom stereocenters. The van der Waals surface area contributed by atoms with Crippen LogP contribution in [0.4, 0.5) is 0 Å². The summed E-state index contributed by atoms with van der Waals surface area (Å²) < 4.78 is 4.77. The molecule has 1 fully saturated rings. The third kappa shape index (κ3) is 1.60. The molecule has 0 radical (unpaired) electrons. The third-order valence-electron chi connectivity index (χ3n) is 0.882. The molecule has 1 heterocycles. The smallest absolute Gasteiger partial charge is 0.293 e. The van der Waals surface area contributed by atoms with E-state index in [9.17, 15) is 10.1 Å². The van der Waals surface area contributed by atoms with Crippen LogP contribution in [0.2, 0.25) is 0 Å². The highest BCUT2D eigenvalue weighted by Gasteiger charge is 2.08. The maximum atomic E-state index is 9.76. The van der Waals surface area contributed by atoms with Gasteiger partial charge < -0.3 is 10.1 Å². The quantitative estimate of drug-likeness (QED) is 0.390. The molecule has 0 aromatic rings. The summed E-state index contributed by atoms with van der Waals surface area (Å²) in [5, 5.41) is 12.4.